The number of carbonyl (C=O) groups excluding carboxylic acids is 1. The lowest BCUT2D eigenvalue weighted by molar-refractivity contribution is -0.137. The summed E-state index contributed by atoms with van der Waals surface area (Å²) in [6.07, 6.45) is 1.41. The van der Waals surface area contributed by atoms with Gasteiger partial charge in [0, 0.05) is 12.2 Å². The molecule has 0 aliphatic heterocycles. The number of aliphatic carboxylic acids is 1. The van der Waals surface area contributed by atoms with Crippen molar-refractivity contribution >= 4 is 17.7 Å². The quantitative estimate of drug-likeness (QED) is 0.787. The third kappa shape index (κ3) is 4.25. The number of hydrogen-bond acceptors (Lipinski definition) is 2. The topological polar surface area (TPSA) is 69.6 Å². The Balaban J connectivity index is 2.71. The van der Waals surface area contributed by atoms with Crippen LogP contribution in [0.2, 0.25) is 0 Å². The number of anilines is 1. The standard InChI is InChI=1S/C12H13FN2O3/c1-2-6-15(8-11(16)17)12(18)14-10-5-3-4-9(13)7-10/h2-5,7H,1,6,8H2,(H,14,18)(H,16,17). The van der Waals surface area contributed by atoms with Gasteiger partial charge in [0.05, 0.1) is 0 Å². The van der Waals surface area contributed by atoms with Gasteiger partial charge in [-0.2, -0.15) is 0 Å². The lowest BCUT2D eigenvalue weighted by Gasteiger charge is -2.19. The number of carboxylic acid groups (broad SMARTS) is 1. The van der Waals surface area contributed by atoms with Gasteiger partial charge < -0.3 is 15.3 Å². The van der Waals surface area contributed by atoms with Crippen LogP contribution in [0.15, 0.2) is 36.9 Å². The number of nitrogens with zero attached hydrogens (tertiary/aromatic N) is 1. The Morgan fingerprint density at radius 1 is 1.50 bits per heavy atom. The monoisotopic (exact) mass is 252 g/mol. The van der Waals surface area contributed by atoms with Crippen LogP contribution in [0.5, 0.6) is 0 Å². The number of carbonyl (C=O) groups is 2. The van der Waals surface area contributed by atoms with Crippen molar-refractivity contribution in [2.24, 2.45) is 0 Å². The first-order chi connectivity index (χ1) is 8.52. The first-order valence-corrected chi connectivity index (χ1v) is 5.17. The van der Waals surface area contributed by atoms with Gasteiger partial charge in [0.2, 0.25) is 0 Å². The fourth-order valence-corrected chi connectivity index (χ4v) is 1.31. The van der Waals surface area contributed by atoms with Crippen molar-refractivity contribution < 1.29 is 19.1 Å². The van der Waals surface area contributed by atoms with Crippen molar-refractivity contribution in [1.82, 2.24) is 4.90 Å². The van der Waals surface area contributed by atoms with Crippen LogP contribution in [0.25, 0.3) is 0 Å². The Morgan fingerprint density at radius 3 is 2.78 bits per heavy atom. The van der Waals surface area contributed by atoms with Gasteiger partial charge in [0.1, 0.15) is 12.4 Å². The van der Waals surface area contributed by atoms with Crippen LogP contribution in [0.4, 0.5) is 14.9 Å². The van der Waals surface area contributed by atoms with Gasteiger partial charge in [-0.25, -0.2) is 9.18 Å². The summed E-state index contributed by atoms with van der Waals surface area (Å²) in [7, 11) is 0. The summed E-state index contributed by atoms with van der Waals surface area (Å²) < 4.78 is 12.9. The molecule has 0 atom stereocenters. The SMILES string of the molecule is C=CCN(CC(=O)O)C(=O)Nc1cccc(F)c1. The van der Waals surface area contributed by atoms with Crippen molar-refractivity contribution in [3.63, 3.8) is 0 Å². The normalized spacial score (nSPS) is 9.61. The fraction of sp³-hybridized carbons (Fsp3) is 0.167. The molecule has 1 aromatic carbocycles. The average molecular weight is 252 g/mol. The van der Waals surface area contributed by atoms with Crippen LogP contribution >= 0.6 is 0 Å². The number of urea groups is 1. The third-order valence-electron chi connectivity index (χ3n) is 2.04. The number of amides is 2. The summed E-state index contributed by atoms with van der Waals surface area (Å²) in [5, 5.41) is 11.1. The summed E-state index contributed by atoms with van der Waals surface area (Å²) in [6.45, 7) is 3.08. The molecule has 0 saturated carbocycles. The number of rotatable bonds is 5. The lowest BCUT2D eigenvalue weighted by atomic mass is 10.3. The maximum atomic E-state index is 12.9. The van der Waals surface area contributed by atoms with E-state index in [2.05, 4.69) is 11.9 Å². The fourth-order valence-electron chi connectivity index (χ4n) is 1.31. The lowest BCUT2D eigenvalue weighted by Crippen LogP contribution is -2.38. The number of carboxylic acids is 1. The van der Waals surface area contributed by atoms with Crippen LogP contribution in [-0.2, 0) is 4.79 Å². The molecule has 1 rings (SSSR count). The van der Waals surface area contributed by atoms with Crippen molar-refractivity contribution in [1.29, 1.82) is 0 Å². The van der Waals surface area contributed by atoms with E-state index in [1.165, 1.54) is 24.3 Å². The Labute approximate surface area is 104 Å². The van der Waals surface area contributed by atoms with Crippen LogP contribution in [0.1, 0.15) is 0 Å². The number of halogens is 1. The van der Waals surface area contributed by atoms with E-state index in [9.17, 15) is 14.0 Å². The Morgan fingerprint density at radius 2 is 2.22 bits per heavy atom. The minimum Gasteiger partial charge on any atom is -0.480 e. The second-order valence-electron chi connectivity index (χ2n) is 3.50. The zero-order valence-corrected chi connectivity index (χ0v) is 9.60. The molecule has 5 nitrogen and oxygen atoms in total. The molecule has 0 saturated heterocycles. The molecule has 0 unspecified atom stereocenters. The molecule has 0 bridgehead atoms. The van der Waals surface area contributed by atoms with Crippen LogP contribution in [-0.4, -0.2) is 35.1 Å². The molecule has 96 valence electrons. The van der Waals surface area contributed by atoms with E-state index in [4.69, 9.17) is 5.11 Å². The van der Waals surface area contributed by atoms with E-state index in [0.717, 1.165) is 11.0 Å². The number of benzene rings is 1. The summed E-state index contributed by atoms with van der Waals surface area (Å²) >= 11 is 0. The van der Waals surface area contributed by atoms with Gasteiger partial charge >= 0.3 is 12.0 Å². The van der Waals surface area contributed by atoms with Crippen LogP contribution in [0, 0.1) is 5.82 Å². The summed E-state index contributed by atoms with van der Waals surface area (Å²) in [6, 6.07) is 4.72. The third-order valence-corrected chi connectivity index (χ3v) is 2.04. The zero-order chi connectivity index (χ0) is 13.5. The molecule has 0 spiro atoms. The molecule has 2 N–H and O–H groups in total. The van der Waals surface area contributed by atoms with Crippen molar-refractivity contribution in [3.8, 4) is 0 Å². The molecular weight excluding hydrogens is 239 g/mol. The Hall–Kier alpha value is -2.37. The molecule has 18 heavy (non-hydrogen) atoms. The molecule has 0 radical (unpaired) electrons. The highest BCUT2D eigenvalue weighted by molar-refractivity contribution is 5.91. The van der Waals surface area contributed by atoms with E-state index < -0.39 is 24.4 Å². The molecule has 0 aromatic heterocycles. The molecule has 0 fully saturated rings. The minimum atomic E-state index is -1.13. The Bertz CT molecular complexity index is 462. The highest BCUT2D eigenvalue weighted by atomic mass is 19.1. The van der Waals surface area contributed by atoms with E-state index in [0.29, 0.717) is 0 Å². The summed E-state index contributed by atoms with van der Waals surface area (Å²) in [5.74, 6) is -1.62. The average Bonchev–Trinajstić information content (AvgIpc) is 2.27. The largest absolute Gasteiger partial charge is 0.480 e. The van der Waals surface area contributed by atoms with Gasteiger partial charge in [-0.3, -0.25) is 4.79 Å². The van der Waals surface area contributed by atoms with Gasteiger partial charge in [-0.05, 0) is 18.2 Å². The van der Waals surface area contributed by atoms with Crippen LogP contribution in [0.3, 0.4) is 0 Å². The molecule has 6 heteroatoms. The number of hydrogen-bond donors (Lipinski definition) is 2. The molecule has 0 aliphatic rings. The maximum absolute atomic E-state index is 12.9. The van der Waals surface area contributed by atoms with E-state index in [1.54, 1.807) is 0 Å². The van der Waals surface area contributed by atoms with Gasteiger partial charge in [-0.1, -0.05) is 12.1 Å². The minimum absolute atomic E-state index is 0.0907. The first-order valence-electron chi connectivity index (χ1n) is 5.17. The van der Waals surface area contributed by atoms with Gasteiger partial charge in [0.25, 0.3) is 0 Å². The highest BCUT2D eigenvalue weighted by Gasteiger charge is 2.15. The van der Waals surface area contributed by atoms with Gasteiger partial charge in [-0.15, -0.1) is 6.58 Å². The molecule has 0 aliphatic carbocycles. The van der Waals surface area contributed by atoms with Gasteiger partial charge in [0.15, 0.2) is 0 Å². The molecule has 1 aromatic rings. The molecule has 0 heterocycles. The zero-order valence-electron chi connectivity index (χ0n) is 9.60. The predicted octanol–water partition coefficient (Wildman–Crippen LogP) is 1.93. The maximum Gasteiger partial charge on any atom is 0.323 e. The van der Waals surface area contributed by atoms with Crippen LogP contribution < -0.4 is 5.32 Å². The highest BCUT2D eigenvalue weighted by Crippen LogP contribution is 2.10. The second kappa shape index (κ2) is 6.39. The summed E-state index contributed by atoms with van der Waals surface area (Å²) in [5.41, 5.74) is 0.263. The number of nitrogens with one attached hydrogen (secondary N) is 1. The second-order valence-corrected chi connectivity index (χ2v) is 3.50. The molecular formula is C12H13FN2O3. The van der Waals surface area contributed by atoms with Crippen molar-refractivity contribution in [3.05, 3.63) is 42.7 Å². The van der Waals surface area contributed by atoms with Crippen molar-refractivity contribution in [2.45, 2.75) is 0 Å². The smallest absolute Gasteiger partial charge is 0.323 e. The summed E-state index contributed by atoms with van der Waals surface area (Å²) in [4.78, 5) is 23.4. The van der Waals surface area contributed by atoms with E-state index in [1.807, 2.05) is 0 Å². The first kappa shape index (κ1) is 13.7. The predicted molar refractivity (Wildman–Crippen MR) is 64.8 cm³/mol. The Kier molecular flexibility index (Phi) is 4.86. The van der Waals surface area contributed by atoms with Crippen molar-refractivity contribution in [2.75, 3.05) is 18.4 Å². The van der Waals surface area contributed by atoms with E-state index in [-0.39, 0.29) is 12.2 Å². The van der Waals surface area contributed by atoms with E-state index >= 15 is 0 Å². The molecule has 2 amide bonds.